The van der Waals surface area contributed by atoms with Gasteiger partial charge in [-0.3, -0.25) is 4.79 Å². The molecule has 5 heteroatoms. The molecule has 1 amide bonds. The van der Waals surface area contributed by atoms with Crippen molar-refractivity contribution in [3.63, 3.8) is 0 Å². The predicted molar refractivity (Wildman–Crippen MR) is 66.7 cm³/mol. The van der Waals surface area contributed by atoms with E-state index in [1.807, 2.05) is 6.92 Å². The number of hydrogen-bond acceptors (Lipinski definition) is 3. The Morgan fingerprint density at radius 1 is 1.53 bits per heavy atom. The van der Waals surface area contributed by atoms with Crippen LogP contribution < -0.4 is 11.1 Å². The number of amides is 1. The average molecular weight is 236 g/mol. The summed E-state index contributed by atoms with van der Waals surface area (Å²) < 4.78 is 1.63. The second kappa shape index (κ2) is 5.21. The number of anilines is 1. The molecule has 1 fully saturated rings. The van der Waals surface area contributed by atoms with E-state index < -0.39 is 0 Å². The van der Waals surface area contributed by atoms with Crippen LogP contribution in [0.3, 0.4) is 0 Å². The summed E-state index contributed by atoms with van der Waals surface area (Å²) in [5.74, 6) is 0.442. The van der Waals surface area contributed by atoms with Gasteiger partial charge in [-0.25, -0.2) is 4.68 Å². The molecule has 0 aliphatic heterocycles. The molecular formula is C12H20N4O. The number of carbonyl (C=O) groups is 1. The third-order valence-electron chi connectivity index (χ3n) is 3.28. The van der Waals surface area contributed by atoms with E-state index in [-0.39, 0.29) is 5.91 Å². The molecule has 1 heterocycles. The summed E-state index contributed by atoms with van der Waals surface area (Å²) in [5, 5.41) is 7.20. The second-order valence-electron chi connectivity index (χ2n) is 4.58. The van der Waals surface area contributed by atoms with Crippen molar-refractivity contribution >= 4 is 11.7 Å². The molecule has 0 unspecified atom stereocenters. The Morgan fingerprint density at radius 2 is 2.24 bits per heavy atom. The summed E-state index contributed by atoms with van der Waals surface area (Å²) in [6, 6.07) is 1.95. The zero-order valence-corrected chi connectivity index (χ0v) is 10.3. The Kier molecular flexibility index (Phi) is 3.66. The van der Waals surface area contributed by atoms with E-state index >= 15 is 0 Å². The fourth-order valence-electron chi connectivity index (χ4n) is 2.30. The van der Waals surface area contributed by atoms with Crippen LogP contribution in [0.15, 0.2) is 6.07 Å². The number of aryl methyl sites for hydroxylation is 1. The maximum Gasteiger partial charge on any atom is 0.272 e. The molecule has 1 saturated carbocycles. The lowest BCUT2D eigenvalue weighted by molar-refractivity contribution is 0.0922. The third-order valence-corrected chi connectivity index (χ3v) is 3.28. The van der Waals surface area contributed by atoms with Crippen molar-refractivity contribution in [1.82, 2.24) is 15.1 Å². The van der Waals surface area contributed by atoms with Crippen molar-refractivity contribution in [1.29, 1.82) is 0 Å². The van der Waals surface area contributed by atoms with Crippen molar-refractivity contribution in [2.45, 2.75) is 51.6 Å². The largest absolute Gasteiger partial charge is 0.384 e. The van der Waals surface area contributed by atoms with Crippen LogP contribution in [0.5, 0.6) is 0 Å². The van der Waals surface area contributed by atoms with Crippen LogP contribution in [-0.4, -0.2) is 21.7 Å². The zero-order chi connectivity index (χ0) is 12.3. The molecule has 1 aromatic heterocycles. The SMILES string of the molecule is CCn1nc(C(=O)NC2CCCCC2)cc1N. The van der Waals surface area contributed by atoms with Crippen molar-refractivity contribution in [3.8, 4) is 0 Å². The first-order valence-corrected chi connectivity index (χ1v) is 6.35. The van der Waals surface area contributed by atoms with Crippen LogP contribution in [0.2, 0.25) is 0 Å². The second-order valence-corrected chi connectivity index (χ2v) is 4.58. The van der Waals surface area contributed by atoms with Crippen molar-refractivity contribution < 1.29 is 4.79 Å². The molecule has 1 aliphatic carbocycles. The quantitative estimate of drug-likeness (QED) is 0.836. The molecule has 17 heavy (non-hydrogen) atoms. The summed E-state index contributed by atoms with van der Waals surface area (Å²) in [6.45, 7) is 2.63. The highest BCUT2D eigenvalue weighted by Gasteiger charge is 2.18. The Bertz CT molecular complexity index is 393. The van der Waals surface area contributed by atoms with E-state index in [4.69, 9.17) is 5.73 Å². The minimum absolute atomic E-state index is 0.101. The van der Waals surface area contributed by atoms with E-state index in [9.17, 15) is 4.79 Å². The lowest BCUT2D eigenvalue weighted by atomic mass is 9.95. The van der Waals surface area contributed by atoms with Crippen LogP contribution >= 0.6 is 0 Å². The minimum Gasteiger partial charge on any atom is -0.384 e. The average Bonchev–Trinajstić information content (AvgIpc) is 2.72. The van der Waals surface area contributed by atoms with E-state index in [0.717, 1.165) is 12.8 Å². The Labute approximate surface area is 101 Å². The highest BCUT2D eigenvalue weighted by Crippen LogP contribution is 2.18. The lowest BCUT2D eigenvalue weighted by Gasteiger charge is -2.22. The van der Waals surface area contributed by atoms with Crippen LogP contribution in [0.25, 0.3) is 0 Å². The number of nitrogen functional groups attached to an aromatic ring is 1. The van der Waals surface area contributed by atoms with Gasteiger partial charge in [0.2, 0.25) is 0 Å². The monoisotopic (exact) mass is 236 g/mol. The first-order chi connectivity index (χ1) is 8.20. The van der Waals surface area contributed by atoms with Crippen LogP contribution in [-0.2, 0) is 6.54 Å². The predicted octanol–water partition coefficient (Wildman–Crippen LogP) is 1.55. The number of aromatic nitrogens is 2. The molecule has 0 bridgehead atoms. The summed E-state index contributed by atoms with van der Waals surface area (Å²) >= 11 is 0. The minimum atomic E-state index is -0.101. The maximum atomic E-state index is 12.0. The highest BCUT2D eigenvalue weighted by atomic mass is 16.2. The van der Waals surface area contributed by atoms with Gasteiger partial charge in [0, 0.05) is 18.7 Å². The fraction of sp³-hybridized carbons (Fsp3) is 0.667. The molecule has 94 valence electrons. The molecule has 0 atom stereocenters. The molecule has 1 aromatic rings. The number of hydrogen-bond donors (Lipinski definition) is 2. The molecular weight excluding hydrogens is 216 g/mol. The Hall–Kier alpha value is -1.52. The van der Waals surface area contributed by atoms with Gasteiger partial charge in [-0.2, -0.15) is 5.10 Å². The van der Waals surface area contributed by atoms with Gasteiger partial charge in [-0.05, 0) is 19.8 Å². The number of carbonyl (C=O) groups excluding carboxylic acids is 1. The van der Waals surface area contributed by atoms with Crippen LogP contribution in [0.4, 0.5) is 5.82 Å². The molecule has 0 spiro atoms. The fourth-order valence-corrected chi connectivity index (χ4v) is 2.30. The lowest BCUT2D eigenvalue weighted by Crippen LogP contribution is -2.36. The molecule has 0 radical (unpaired) electrons. The summed E-state index contributed by atoms with van der Waals surface area (Å²) in [4.78, 5) is 12.0. The standard InChI is InChI=1S/C12H20N4O/c1-2-16-11(13)8-10(15-16)12(17)14-9-6-4-3-5-7-9/h8-9H,2-7,13H2,1H3,(H,14,17). The molecule has 0 saturated heterocycles. The highest BCUT2D eigenvalue weighted by molar-refractivity contribution is 5.93. The summed E-state index contributed by atoms with van der Waals surface area (Å²) in [5.41, 5.74) is 6.17. The van der Waals surface area contributed by atoms with Gasteiger partial charge in [0.05, 0.1) is 0 Å². The van der Waals surface area contributed by atoms with Crippen molar-refractivity contribution in [3.05, 3.63) is 11.8 Å². The van der Waals surface area contributed by atoms with Crippen molar-refractivity contribution in [2.24, 2.45) is 0 Å². The zero-order valence-electron chi connectivity index (χ0n) is 10.3. The summed E-state index contributed by atoms with van der Waals surface area (Å²) in [6.07, 6.45) is 5.85. The van der Waals surface area contributed by atoms with E-state index in [1.165, 1.54) is 19.3 Å². The number of nitrogens with zero attached hydrogens (tertiary/aromatic N) is 2. The summed E-state index contributed by atoms with van der Waals surface area (Å²) in [7, 11) is 0. The Balaban J connectivity index is 1.98. The van der Waals surface area contributed by atoms with Crippen LogP contribution in [0, 0.1) is 0 Å². The first-order valence-electron chi connectivity index (χ1n) is 6.35. The van der Waals surface area contributed by atoms with E-state index in [0.29, 0.717) is 24.1 Å². The number of rotatable bonds is 3. The molecule has 3 N–H and O–H groups in total. The van der Waals surface area contributed by atoms with Crippen LogP contribution in [0.1, 0.15) is 49.5 Å². The molecule has 0 aromatic carbocycles. The van der Waals surface area contributed by atoms with Gasteiger partial charge in [0.1, 0.15) is 5.82 Å². The van der Waals surface area contributed by atoms with E-state index in [2.05, 4.69) is 10.4 Å². The van der Waals surface area contributed by atoms with Gasteiger partial charge in [0.15, 0.2) is 5.69 Å². The number of nitrogens with two attached hydrogens (primary N) is 1. The van der Waals surface area contributed by atoms with Gasteiger partial charge < -0.3 is 11.1 Å². The van der Waals surface area contributed by atoms with E-state index in [1.54, 1.807) is 10.7 Å². The maximum absolute atomic E-state index is 12.0. The Morgan fingerprint density at radius 3 is 2.82 bits per heavy atom. The third kappa shape index (κ3) is 2.78. The molecule has 5 nitrogen and oxygen atoms in total. The normalized spacial score (nSPS) is 17.0. The van der Waals surface area contributed by atoms with Crippen molar-refractivity contribution in [2.75, 3.05) is 5.73 Å². The molecule has 1 aliphatic rings. The van der Waals surface area contributed by atoms with Gasteiger partial charge in [-0.15, -0.1) is 0 Å². The van der Waals surface area contributed by atoms with Gasteiger partial charge in [-0.1, -0.05) is 19.3 Å². The topological polar surface area (TPSA) is 72.9 Å². The number of nitrogens with one attached hydrogen (secondary N) is 1. The first kappa shape index (κ1) is 12.0. The van der Waals surface area contributed by atoms with Gasteiger partial charge in [0.25, 0.3) is 5.91 Å². The smallest absolute Gasteiger partial charge is 0.272 e. The molecule has 2 rings (SSSR count). The van der Waals surface area contributed by atoms with Gasteiger partial charge >= 0.3 is 0 Å².